The van der Waals surface area contributed by atoms with Crippen LogP contribution in [0.25, 0.3) is 0 Å². The van der Waals surface area contributed by atoms with E-state index in [2.05, 4.69) is 0 Å². The molecule has 0 unspecified atom stereocenters. The van der Waals surface area contributed by atoms with Crippen molar-refractivity contribution in [1.82, 2.24) is 0 Å². The Morgan fingerprint density at radius 1 is 1.25 bits per heavy atom. The van der Waals surface area contributed by atoms with Crippen molar-refractivity contribution in [3.05, 3.63) is 6.57 Å². The molecule has 0 heterocycles. The van der Waals surface area contributed by atoms with Crippen molar-refractivity contribution in [2.45, 2.75) is 0 Å². The second-order valence-electron chi connectivity index (χ2n) is 0. The molecule has 0 aliphatic heterocycles. The molecular formula is CBMgN. The van der Waals surface area contributed by atoms with Gasteiger partial charge in [0.2, 0.25) is 0 Å². The molecule has 0 N–H and O–H groups in total. The van der Waals surface area contributed by atoms with Crippen molar-refractivity contribution in [1.29, 1.82) is 5.26 Å². The van der Waals surface area contributed by atoms with Gasteiger partial charge in [0.1, 0.15) is 0 Å². The molecule has 0 spiro atoms. The second kappa shape index (κ2) is 173. The van der Waals surface area contributed by atoms with Gasteiger partial charge in [-0.2, -0.15) is 0 Å². The number of hydrogen-bond acceptors (Lipinski definition) is 1. The van der Waals surface area contributed by atoms with Crippen LogP contribution in [0.4, 0.5) is 0 Å². The Morgan fingerprint density at radius 3 is 1.25 bits per heavy atom. The van der Waals surface area contributed by atoms with Crippen LogP contribution < -0.4 is 0 Å². The van der Waals surface area contributed by atoms with Crippen molar-refractivity contribution < 1.29 is 0 Å². The molecule has 4 heavy (non-hydrogen) atoms. The Balaban J connectivity index is -0.00000000500. The quantitative estimate of drug-likeness (QED) is 0.269. The fourth-order valence-electron chi connectivity index (χ4n) is 0. The summed E-state index contributed by atoms with van der Waals surface area (Å²) in [6.07, 6.45) is 0. The first-order valence-electron chi connectivity index (χ1n) is 0.224. The van der Waals surface area contributed by atoms with Crippen molar-refractivity contribution in [2.24, 2.45) is 0 Å². The normalized spacial score (nSPS) is 0.500. The minimum absolute atomic E-state index is 0. The first kappa shape index (κ1) is 27.3. The van der Waals surface area contributed by atoms with Gasteiger partial charge in [-0.3, -0.25) is 0 Å². The maximum absolute atomic E-state index is 6.25. The van der Waals surface area contributed by atoms with Crippen LogP contribution in [0.2, 0.25) is 0 Å². The summed E-state index contributed by atoms with van der Waals surface area (Å²) in [5.41, 5.74) is 0. The van der Waals surface area contributed by atoms with Crippen LogP contribution >= 0.6 is 0 Å². The standard InChI is InChI=1S/CN.B.Mg/c1-2;;/q2*-1;+2. The molecule has 3 heteroatoms. The summed E-state index contributed by atoms with van der Waals surface area (Å²) >= 11 is 0. The minimum Gasteiger partial charge on any atom is -1.00 e. The monoisotopic (exact) mass is 61.0 g/mol. The van der Waals surface area contributed by atoms with Crippen LogP contribution in [-0.4, -0.2) is 31.5 Å². The van der Waals surface area contributed by atoms with Crippen molar-refractivity contribution in [3.8, 4) is 0 Å². The van der Waals surface area contributed by atoms with E-state index in [1.807, 2.05) is 0 Å². The maximum atomic E-state index is 6.25. The predicted octanol–water partition coefficient (Wildman–Crippen LogP) is -0.665. The smallest absolute Gasteiger partial charge is 1.00 e. The fourth-order valence-corrected chi connectivity index (χ4v) is 0. The summed E-state index contributed by atoms with van der Waals surface area (Å²) in [7, 11) is 0. The van der Waals surface area contributed by atoms with Gasteiger partial charge < -0.3 is 20.2 Å². The van der Waals surface area contributed by atoms with Gasteiger partial charge in [-0.05, 0) is 0 Å². The maximum Gasteiger partial charge on any atom is 2.00 e. The zero-order valence-corrected chi connectivity index (χ0v) is 3.65. The van der Waals surface area contributed by atoms with Crippen molar-refractivity contribution in [3.63, 3.8) is 0 Å². The van der Waals surface area contributed by atoms with Crippen LogP contribution in [0.1, 0.15) is 0 Å². The summed E-state index contributed by atoms with van der Waals surface area (Å²) in [6.45, 7) is 4.75. The third-order valence-electron chi connectivity index (χ3n) is 0. The minimum atomic E-state index is 0. The predicted molar refractivity (Wildman–Crippen MR) is 16.5 cm³/mol. The molecule has 0 aliphatic carbocycles. The van der Waals surface area contributed by atoms with Crippen LogP contribution in [0.15, 0.2) is 0 Å². The van der Waals surface area contributed by atoms with Crippen LogP contribution in [0.3, 0.4) is 0 Å². The van der Waals surface area contributed by atoms with Gasteiger partial charge >= 0.3 is 23.1 Å². The van der Waals surface area contributed by atoms with Gasteiger partial charge in [0.15, 0.2) is 0 Å². The largest absolute Gasteiger partial charge is 2.00 e. The number of nitrogens with zero attached hydrogens (tertiary/aromatic N) is 1. The van der Waals surface area contributed by atoms with Gasteiger partial charge in [0.05, 0.1) is 0 Å². The van der Waals surface area contributed by atoms with E-state index in [0.29, 0.717) is 0 Å². The van der Waals surface area contributed by atoms with E-state index in [1.165, 1.54) is 0 Å². The zero-order valence-electron chi connectivity index (χ0n) is 2.23. The van der Waals surface area contributed by atoms with Gasteiger partial charge in [0.25, 0.3) is 0 Å². The molecule has 0 bridgehead atoms. The Hall–Kier alpha value is 0.321. The molecule has 4 radical (unpaired) electrons. The SMILES string of the molecule is [B-].[C-]#N.[Mg+2]. The molecule has 0 rings (SSSR count). The van der Waals surface area contributed by atoms with Gasteiger partial charge in [0, 0.05) is 0 Å². The molecule has 14 valence electrons. The number of hydrogen-bond donors (Lipinski definition) is 0. The molecule has 0 saturated carbocycles. The van der Waals surface area contributed by atoms with E-state index < -0.39 is 0 Å². The summed E-state index contributed by atoms with van der Waals surface area (Å²) in [4.78, 5) is 0. The summed E-state index contributed by atoms with van der Waals surface area (Å²) in [5.74, 6) is 0. The van der Waals surface area contributed by atoms with Crippen LogP contribution in [-0.2, 0) is 0 Å². The Kier molecular flexibility index (Phi) is 1180. The summed E-state index contributed by atoms with van der Waals surface area (Å²) in [5, 5.41) is 6.25. The molecule has 0 aromatic heterocycles. The van der Waals surface area contributed by atoms with Crippen LogP contribution in [0.5, 0.6) is 0 Å². The summed E-state index contributed by atoms with van der Waals surface area (Å²) < 4.78 is 0. The molecule has 0 atom stereocenters. The van der Waals surface area contributed by atoms with E-state index in [4.69, 9.17) is 11.8 Å². The number of rotatable bonds is 0. The topological polar surface area (TPSA) is 23.8 Å². The molecule has 0 amide bonds. The first-order valence-corrected chi connectivity index (χ1v) is 0.224. The Labute approximate surface area is 43.7 Å². The molecular weight excluding hydrogens is 61.1 g/mol. The molecule has 0 fully saturated rings. The molecule has 0 aliphatic rings. The van der Waals surface area contributed by atoms with E-state index in [-0.39, 0.29) is 31.5 Å². The fraction of sp³-hybridized carbons (Fsp3) is 0. The zero-order chi connectivity index (χ0) is 2.00. The van der Waals surface area contributed by atoms with E-state index >= 15 is 0 Å². The van der Waals surface area contributed by atoms with Gasteiger partial charge in [-0.1, -0.05) is 0 Å². The molecule has 0 aromatic carbocycles. The van der Waals surface area contributed by atoms with Crippen molar-refractivity contribution in [2.75, 3.05) is 0 Å². The van der Waals surface area contributed by atoms with E-state index in [0.717, 1.165) is 0 Å². The van der Waals surface area contributed by atoms with Crippen molar-refractivity contribution >= 4 is 31.5 Å². The van der Waals surface area contributed by atoms with Crippen LogP contribution in [0, 0.1) is 11.8 Å². The third kappa shape index (κ3) is 39.3. The second-order valence-corrected chi connectivity index (χ2v) is 0. The molecule has 0 saturated heterocycles. The Morgan fingerprint density at radius 2 is 1.25 bits per heavy atom. The molecule has 0 aromatic rings. The average molecular weight is 61.1 g/mol. The van der Waals surface area contributed by atoms with Gasteiger partial charge in [-0.25, -0.2) is 0 Å². The molecule has 1 nitrogen and oxygen atoms in total. The first-order chi connectivity index (χ1) is 1.00. The van der Waals surface area contributed by atoms with Gasteiger partial charge in [-0.15, -0.1) is 0 Å². The third-order valence-corrected chi connectivity index (χ3v) is 0. The summed E-state index contributed by atoms with van der Waals surface area (Å²) in [6, 6.07) is 0. The Bertz CT molecular complexity index is 12.8. The van der Waals surface area contributed by atoms with E-state index in [9.17, 15) is 0 Å². The van der Waals surface area contributed by atoms with E-state index in [1.54, 1.807) is 0 Å². The average Bonchev–Trinajstić information content (AvgIpc) is 1.00.